The molecule has 0 spiro atoms. The normalized spacial score (nSPS) is 20.6. The fourth-order valence-corrected chi connectivity index (χ4v) is 8.06. The summed E-state index contributed by atoms with van der Waals surface area (Å²) in [5.41, 5.74) is 0. The van der Waals surface area contributed by atoms with E-state index in [1.165, 1.54) is 38.5 Å². The fourth-order valence-electron chi connectivity index (χ4n) is 7.33. The molecule has 1 unspecified atom stereocenters. The van der Waals surface area contributed by atoms with E-state index in [2.05, 4.69) is 26.0 Å². The largest absolute Gasteiger partial charge is 0.756 e. The minimum Gasteiger partial charge on any atom is -0.756 e. The number of allylic oxidation sites excluding steroid dienone is 2. The average molecular weight is 860 g/mol. The van der Waals surface area contributed by atoms with Gasteiger partial charge in [-0.3, -0.25) is 14.2 Å². The molecule has 0 heterocycles. The van der Waals surface area contributed by atoms with E-state index >= 15 is 0 Å². The summed E-state index contributed by atoms with van der Waals surface area (Å²) in [5, 5.41) is 31.4. The van der Waals surface area contributed by atoms with E-state index < -0.39 is 50.8 Å². The van der Waals surface area contributed by atoms with E-state index in [1.807, 2.05) is 27.2 Å². The smallest absolute Gasteiger partial charge is 0.306 e. The van der Waals surface area contributed by atoms with Gasteiger partial charge in [0.1, 0.15) is 19.8 Å². The molecule has 1 aliphatic rings. The van der Waals surface area contributed by atoms with Gasteiger partial charge in [0.25, 0.3) is 7.82 Å². The molecule has 0 aromatic heterocycles. The van der Waals surface area contributed by atoms with Gasteiger partial charge in [-0.25, -0.2) is 0 Å². The monoisotopic (exact) mass is 860 g/mol. The maximum Gasteiger partial charge on any atom is 0.306 e. The summed E-state index contributed by atoms with van der Waals surface area (Å²) in [6, 6.07) is 0. The van der Waals surface area contributed by atoms with Crippen molar-refractivity contribution in [3.63, 3.8) is 0 Å². The standard InChI is InChI=1S/C46H86NO11P/c1-6-8-10-11-12-13-14-15-16-17-18-19-20-21-26-30-45(51)55-37-40(38-57-59(53,54)56-35-34-47(3,4)5)58-46(52)31-27-23-22-25-29-41-42(44(50)36-43(41)49)33-32-39(48)28-24-9-7-2/h15-16,32-33,39-44,48-50H,6-14,17-31,34-38H2,1-5H3/b16-15-,33-32+/t39-,40+,41+,42+,43-,44+/m0/s1. The molecule has 0 radical (unpaired) electrons. The number of phosphoric acid groups is 1. The number of ether oxygens (including phenoxy) is 2. The average Bonchev–Trinajstić information content (AvgIpc) is 3.44. The van der Waals surface area contributed by atoms with Gasteiger partial charge < -0.3 is 43.2 Å². The maximum atomic E-state index is 12.8. The number of carbonyl (C=O) groups excluding carboxylic acids is 2. The van der Waals surface area contributed by atoms with E-state index in [4.69, 9.17) is 18.5 Å². The third-order valence-corrected chi connectivity index (χ3v) is 12.0. The van der Waals surface area contributed by atoms with Crippen molar-refractivity contribution in [2.24, 2.45) is 11.8 Å². The summed E-state index contributed by atoms with van der Waals surface area (Å²) in [7, 11) is 1.03. The number of rotatable bonds is 38. The van der Waals surface area contributed by atoms with Crippen LogP contribution in [-0.4, -0.2) is 104 Å². The van der Waals surface area contributed by atoms with Gasteiger partial charge in [-0.1, -0.05) is 128 Å². The van der Waals surface area contributed by atoms with Gasteiger partial charge in [0.2, 0.25) is 0 Å². The van der Waals surface area contributed by atoms with Crippen molar-refractivity contribution in [3.05, 3.63) is 24.3 Å². The SMILES string of the molecule is CCCCCCCC/C=C\CCCCCCCC(=O)OC[C@H](COP(=O)([O-])OCC[N+](C)(C)C)OC(=O)CCCCCC[C@@H]1[C@@H](/C=C/[C@@H](O)CCCCC)[C@H](O)C[C@@H]1O. The molecular formula is C46H86NO11P. The first-order valence-electron chi connectivity index (χ1n) is 23.3. The number of hydrogen-bond donors (Lipinski definition) is 3. The molecular weight excluding hydrogens is 773 g/mol. The molecule has 12 nitrogen and oxygen atoms in total. The molecule has 1 aliphatic carbocycles. The van der Waals surface area contributed by atoms with E-state index in [9.17, 15) is 34.4 Å². The van der Waals surface area contributed by atoms with Crippen molar-refractivity contribution >= 4 is 19.8 Å². The summed E-state index contributed by atoms with van der Waals surface area (Å²) < 4.78 is 33.9. The van der Waals surface area contributed by atoms with Crippen LogP contribution in [0.25, 0.3) is 0 Å². The Hall–Kier alpha value is -1.63. The number of phosphoric ester groups is 1. The number of nitrogens with zero attached hydrogens (tertiary/aromatic N) is 1. The molecule has 0 aromatic carbocycles. The summed E-state index contributed by atoms with van der Waals surface area (Å²) in [5.74, 6) is -1.28. The van der Waals surface area contributed by atoms with Crippen molar-refractivity contribution in [2.45, 2.75) is 199 Å². The van der Waals surface area contributed by atoms with E-state index in [0.717, 1.165) is 83.5 Å². The molecule has 0 bridgehead atoms. The quantitative estimate of drug-likeness (QED) is 0.0178. The second-order valence-electron chi connectivity index (χ2n) is 17.7. The lowest BCUT2D eigenvalue weighted by atomic mass is 9.88. The number of likely N-dealkylation sites (N-methyl/N-ethyl adjacent to an activating group) is 1. The summed E-state index contributed by atoms with van der Waals surface area (Å²) in [6.07, 6.45) is 28.4. The van der Waals surface area contributed by atoms with Crippen molar-refractivity contribution < 1.29 is 57.4 Å². The van der Waals surface area contributed by atoms with Crippen LogP contribution in [0.2, 0.25) is 0 Å². The van der Waals surface area contributed by atoms with E-state index in [1.54, 1.807) is 6.08 Å². The summed E-state index contributed by atoms with van der Waals surface area (Å²) >= 11 is 0. The Kier molecular flexibility index (Phi) is 31.9. The molecule has 7 atom stereocenters. The highest BCUT2D eigenvalue weighted by Crippen LogP contribution is 2.39. The maximum absolute atomic E-state index is 12.8. The van der Waals surface area contributed by atoms with Crippen LogP contribution in [0, 0.1) is 11.8 Å². The Balaban J connectivity index is 2.47. The Labute approximate surface area is 358 Å². The van der Waals surface area contributed by atoms with Crippen LogP contribution >= 0.6 is 7.82 Å². The first-order valence-corrected chi connectivity index (χ1v) is 24.8. The number of carbonyl (C=O) groups is 2. The van der Waals surface area contributed by atoms with Gasteiger partial charge in [0.05, 0.1) is 46.1 Å². The molecule has 1 saturated carbocycles. The zero-order valence-corrected chi connectivity index (χ0v) is 38.7. The number of hydrogen-bond acceptors (Lipinski definition) is 11. The van der Waals surface area contributed by atoms with Crippen LogP contribution in [-0.2, 0) is 32.7 Å². The number of esters is 2. The van der Waals surface area contributed by atoms with Crippen molar-refractivity contribution in [1.82, 2.24) is 0 Å². The van der Waals surface area contributed by atoms with Crippen molar-refractivity contribution in [1.29, 1.82) is 0 Å². The minimum absolute atomic E-state index is 0.0699. The molecule has 1 fully saturated rings. The highest BCUT2D eigenvalue weighted by molar-refractivity contribution is 7.45. The van der Waals surface area contributed by atoms with Crippen LogP contribution in [0.3, 0.4) is 0 Å². The van der Waals surface area contributed by atoms with Crippen LogP contribution in [0.4, 0.5) is 0 Å². The van der Waals surface area contributed by atoms with Crippen LogP contribution < -0.4 is 4.89 Å². The predicted octanol–water partition coefficient (Wildman–Crippen LogP) is 8.88. The lowest BCUT2D eigenvalue weighted by Gasteiger charge is -2.28. The van der Waals surface area contributed by atoms with Gasteiger partial charge in [-0.2, -0.15) is 0 Å². The zero-order valence-electron chi connectivity index (χ0n) is 37.8. The van der Waals surface area contributed by atoms with E-state index in [-0.39, 0.29) is 37.9 Å². The Morgan fingerprint density at radius 2 is 1.31 bits per heavy atom. The van der Waals surface area contributed by atoms with Gasteiger partial charge in [-0.05, 0) is 57.3 Å². The van der Waals surface area contributed by atoms with Crippen LogP contribution in [0.15, 0.2) is 24.3 Å². The number of aliphatic hydroxyl groups excluding tert-OH is 3. The van der Waals surface area contributed by atoms with Gasteiger partial charge in [0.15, 0.2) is 6.10 Å². The van der Waals surface area contributed by atoms with E-state index in [0.29, 0.717) is 36.7 Å². The Morgan fingerprint density at radius 1 is 0.746 bits per heavy atom. The highest BCUT2D eigenvalue weighted by atomic mass is 31.2. The van der Waals surface area contributed by atoms with Crippen molar-refractivity contribution in [3.8, 4) is 0 Å². The second kappa shape index (κ2) is 33.9. The summed E-state index contributed by atoms with van der Waals surface area (Å²) in [6.45, 7) is 3.87. The molecule has 13 heteroatoms. The number of aliphatic hydroxyl groups is 3. The molecule has 59 heavy (non-hydrogen) atoms. The minimum atomic E-state index is -4.69. The molecule has 0 amide bonds. The Bertz CT molecular complexity index is 1180. The zero-order chi connectivity index (χ0) is 43.8. The van der Waals surface area contributed by atoms with Crippen LogP contribution in [0.5, 0.6) is 0 Å². The first-order chi connectivity index (χ1) is 28.2. The third-order valence-electron chi connectivity index (χ3n) is 11.0. The lowest BCUT2D eigenvalue weighted by molar-refractivity contribution is -0.870. The fraction of sp³-hybridized carbons (Fsp3) is 0.870. The lowest BCUT2D eigenvalue weighted by Crippen LogP contribution is -2.37. The molecule has 1 rings (SSSR count). The van der Waals surface area contributed by atoms with Crippen molar-refractivity contribution in [2.75, 3.05) is 47.5 Å². The number of quaternary nitrogens is 1. The molecule has 0 aromatic rings. The van der Waals surface area contributed by atoms with Gasteiger partial charge >= 0.3 is 11.9 Å². The summed E-state index contributed by atoms with van der Waals surface area (Å²) in [4.78, 5) is 37.8. The molecule has 3 N–H and O–H groups in total. The van der Waals surface area contributed by atoms with Gasteiger partial charge in [-0.15, -0.1) is 0 Å². The first kappa shape index (κ1) is 55.4. The van der Waals surface area contributed by atoms with Crippen LogP contribution in [0.1, 0.15) is 174 Å². The topological polar surface area (TPSA) is 172 Å². The number of unbranched alkanes of at least 4 members (excludes halogenated alkanes) is 16. The molecule has 346 valence electrons. The second-order valence-corrected chi connectivity index (χ2v) is 19.1. The highest BCUT2D eigenvalue weighted by Gasteiger charge is 2.39. The third kappa shape index (κ3) is 31.0. The molecule has 0 saturated heterocycles. The predicted molar refractivity (Wildman–Crippen MR) is 233 cm³/mol. The molecule has 0 aliphatic heterocycles. The van der Waals surface area contributed by atoms with Gasteiger partial charge in [0, 0.05) is 25.2 Å². The Morgan fingerprint density at radius 3 is 1.93 bits per heavy atom.